The Morgan fingerprint density at radius 3 is 2.63 bits per heavy atom. The van der Waals surface area contributed by atoms with Crippen molar-refractivity contribution in [1.29, 1.82) is 0 Å². The van der Waals surface area contributed by atoms with Crippen molar-refractivity contribution in [3.8, 4) is 0 Å². The Balaban J connectivity index is 1.92. The normalized spacial score (nSPS) is 15.8. The van der Waals surface area contributed by atoms with Gasteiger partial charge in [0.25, 0.3) is 0 Å². The smallest absolute Gasteiger partial charge is 0.305 e. The zero-order valence-corrected chi connectivity index (χ0v) is 10.4. The highest BCUT2D eigenvalue weighted by molar-refractivity contribution is 5.79. The quantitative estimate of drug-likeness (QED) is 0.823. The molecule has 0 radical (unpaired) electrons. The molecular formula is C14H16FNO3. The number of amides is 1. The molecule has 4 nitrogen and oxygen atoms in total. The fourth-order valence-corrected chi connectivity index (χ4v) is 2.09. The van der Waals surface area contributed by atoms with Crippen LogP contribution in [0.5, 0.6) is 0 Å². The number of rotatable bonds is 6. The van der Waals surface area contributed by atoms with Gasteiger partial charge in [-0.3, -0.25) is 9.59 Å². The summed E-state index contributed by atoms with van der Waals surface area (Å²) < 4.78 is 13.4. The second kappa shape index (κ2) is 5.82. The van der Waals surface area contributed by atoms with E-state index in [1.165, 1.54) is 6.07 Å². The minimum atomic E-state index is -0.928. The molecule has 0 spiro atoms. The highest BCUT2D eigenvalue weighted by Crippen LogP contribution is 2.34. The van der Waals surface area contributed by atoms with Crippen LogP contribution in [0.1, 0.15) is 24.8 Å². The standard InChI is InChI=1S/C14H16FNO3/c15-11-4-2-1-3-10(11)7-13(17)16-12(8-14(18)19)9-5-6-9/h1-4,9,12H,5-8H2,(H,16,17)(H,18,19). The third kappa shape index (κ3) is 4.05. The molecule has 1 saturated carbocycles. The summed E-state index contributed by atoms with van der Waals surface area (Å²) in [6.07, 6.45) is 1.75. The molecule has 2 rings (SSSR count). The van der Waals surface area contributed by atoms with Crippen molar-refractivity contribution < 1.29 is 19.1 Å². The summed E-state index contributed by atoms with van der Waals surface area (Å²) in [7, 11) is 0. The number of halogens is 1. The fourth-order valence-electron chi connectivity index (χ4n) is 2.09. The van der Waals surface area contributed by atoms with Gasteiger partial charge in [0.1, 0.15) is 5.82 Å². The summed E-state index contributed by atoms with van der Waals surface area (Å²) >= 11 is 0. The highest BCUT2D eigenvalue weighted by atomic mass is 19.1. The maximum absolute atomic E-state index is 13.4. The third-order valence-corrected chi connectivity index (χ3v) is 3.24. The zero-order valence-electron chi connectivity index (χ0n) is 10.4. The minimum Gasteiger partial charge on any atom is -0.481 e. The van der Waals surface area contributed by atoms with Crippen LogP contribution in [0.4, 0.5) is 4.39 Å². The summed E-state index contributed by atoms with van der Waals surface area (Å²) in [5.41, 5.74) is 0.324. The van der Waals surface area contributed by atoms with Gasteiger partial charge in [0.05, 0.1) is 12.8 Å². The van der Waals surface area contributed by atoms with E-state index in [-0.39, 0.29) is 30.7 Å². The van der Waals surface area contributed by atoms with Crippen LogP contribution < -0.4 is 5.32 Å². The Morgan fingerprint density at radius 1 is 1.37 bits per heavy atom. The molecule has 19 heavy (non-hydrogen) atoms. The van der Waals surface area contributed by atoms with E-state index in [1.54, 1.807) is 18.2 Å². The first-order valence-corrected chi connectivity index (χ1v) is 6.31. The molecule has 1 aromatic carbocycles. The van der Waals surface area contributed by atoms with E-state index < -0.39 is 11.8 Å². The van der Waals surface area contributed by atoms with Gasteiger partial charge in [-0.2, -0.15) is 0 Å². The Morgan fingerprint density at radius 2 is 2.05 bits per heavy atom. The molecule has 2 N–H and O–H groups in total. The molecule has 0 bridgehead atoms. The number of benzene rings is 1. The van der Waals surface area contributed by atoms with Crippen molar-refractivity contribution in [2.75, 3.05) is 0 Å². The van der Waals surface area contributed by atoms with Crippen molar-refractivity contribution in [3.63, 3.8) is 0 Å². The molecule has 1 fully saturated rings. The van der Waals surface area contributed by atoms with Crippen LogP contribution in [0.2, 0.25) is 0 Å². The lowest BCUT2D eigenvalue weighted by atomic mass is 10.1. The van der Waals surface area contributed by atoms with E-state index in [2.05, 4.69) is 5.32 Å². The van der Waals surface area contributed by atoms with Crippen LogP contribution in [-0.4, -0.2) is 23.0 Å². The molecule has 1 amide bonds. The predicted molar refractivity (Wildman–Crippen MR) is 67.0 cm³/mol. The molecule has 5 heteroatoms. The first-order chi connectivity index (χ1) is 9.06. The van der Waals surface area contributed by atoms with Crippen LogP contribution in [0.25, 0.3) is 0 Å². The summed E-state index contributed by atoms with van der Waals surface area (Å²) in [4.78, 5) is 22.5. The fraction of sp³-hybridized carbons (Fsp3) is 0.429. The van der Waals surface area contributed by atoms with Crippen molar-refractivity contribution in [2.45, 2.75) is 31.7 Å². The number of carbonyl (C=O) groups excluding carboxylic acids is 1. The maximum Gasteiger partial charge on any atom is 0.305 e. The average Bonchev–Trinajstić information content (AvgIpc) is 3.14. The number of nitrogens with one attached hydrogen (secondary N) is 1. The van der Waals surface area contributed by atoms with Crippen LogP contribution in [0, 0.1) is 11.7 Å². The van der Waals surface area contributed by atoms with Crippen molar-refractivity contribution in [1.82, 2.24) is 5.32 Å². The van der Waals surface area contributed by atoms with Gasteiger partial charge in [-0.25, -0.2) is 4.39 Å². The zero-order chi connectivity index (χ0) is 13.8. The van der Waals surface area contributed by atoms with Crippen molar-refractivity contribution in [3.05, 3.63) is 35.6 Å². The van der Waals surface area contributed by atoms with Crippen molar-refractivity contribution in [2.24, 2.45) is 5.92 Å². The molecule has 0 saturated heterocycles. The predicted octanol–water partition coefficient (Wildman–Crippen LogP) is 1.74. The lowest BCUT2D eigenvalue weighted by Gasteiger charge is -2.16. The molecule has 0 aromatic heterocycles. The maximum atomic E-state index is 13.4. The van der Waals surface area contributed by atoms with Crippen LogP contribution in [0.3, 0.4) is 0 Å². The van der Waals surface area contributed by atoms with Gasteiger partial charge in [0, 0.05) is 6.04 Å². The second-order valence-corrected chi connectivity index (χ2v) is 4.88. The first kappa shape index (κ1) is 13.5. The molecule has 1 aromatic rings. The Labute approximate surface area is 110 Å². The number of carbonyl (C=O) groups is 2. The van der Waals surface area contributed by atoms with Gasteiger partial charge in [0.15, 0.2) is 0 Å². The number of aliphatic carboxylic acids is 1. The Hall–Kier alpha value is -1.91. The van der Waals surface area contributed by atoms with Crippen LogP contribution in [0.15, 0.2) is 24.3 Å². The van der Waals surface area contributed by atoms with E-state index in [4.69, 9.17) is 5.11 Å². The molecule has 0 heterocycles. The van der Waals surface area contributed by atoms with Gasteiger partial charge >= 0.3 is 5.97 Å². The monoisotopic (exact) mass is 265 g/mol. The Kier molecular flexibility index (Phi) is 4.14. The van der Waals surface area contributed by atoms with E-state index in [1.807, 2.05) is 0 Å². The third-order valence-electron chi connectivity index (χ3n) is 3.24. The first-order valence-electron chi connectivity index (χ1n) is 6.31. The largest absolute Gasteiger partial charge is 0.481 e. The number of carboxylic acid groups (broad SMARTS) is 1. The van der Waals surface area contributed by atoms with Gasteiger partial charge < -0.3 is 10.4 Å². The van der Waals surface area contributed by atoms with Crippen LogP contribution >= 0.6 is 0 Å². The van der Waals surface area contributed by atoms with E-state index >= 15 is 0 Å². The summed E-state index contributed by atoms with van der Waals surface area (Å²) in [6, 6.07) is 5.75. The molecular weight excluding hydrogens is 249 g/mol. The van der Waals surface area contributed by atoms with Gasteiger partial charge in [-0.1, -0.05) is 18.2 Å². The number of hydrogen-bond donors (Lipinski definition) is 2. The molecule has 1 aliphatic carbocycles. The SMILES string of the molecule is O=C(O)CC(NC(=O)Cc1ccccc1F)C1CC1. The molecule has 1 aliphatic rings. The van der Waals surface area contributed by atoms with Crippen molar-refractivity contribution >= 4 is 11.9 Å². The van der Waals surface area contributed by atoms with Gasteiger partial charge in [-0.05, 0) is 30.4 Å². The average molecular weight is 265 g/mol. The topological polar surface area (TPSA) is 66.4 Å². The minimum absolute atomic E-state index is 0.0600. The molecule has 1 unspecified atom stereocenters. The van der Waals surface area contributed by atoms with E-state index in [0.29, 0.717) is 5.56 Å². The van der Waals surface area contributed by atoms with E-state index in [9.17, 15) is 14.0 Å². The summed E-state index contributed by atoms with van der Waals surface area (Å²) in [5, 5.41) is 11.5. The van der Waals surface area contributed by atoms with Gasteiger partial charge in [-0.15, -0.1) is 0 Å². The highest BCUT2D eigenvalue weighted by Gasteiger charge is 2.33. The number of carboxylic acids is 1. The van der Waals surface area contributed by atoms with E-state index in [0.717, 1.165) is 12.8 Å². The number of hydrogen-bond acceptors (Lipinski definition) is 2. The summed E-state index contributed by atoms with van der Waals surface area (Å²) in [6.45, 7) is 0. The second-order valence-electron chi connectivity index (χ2n) is 4.88. The lowest BCUT2D eigenvalue weighted by molar-refractivity contribution is -0.137. The van der Waals surface area contributed by atoms with Crippen LogP contribution in [-0.2, 0) is 16.0 Å². The van der Waals surface area contributed by atoms with Gasteiger partial charge in [0.2, 0.25) is 5.91 Å². The summed E-state index contributed by atoms with van der Waals surface area (Å²) in [5.74, 6) is -1.43. The molecule has 102 valence electrons. The molecule has 0 aliphatic heterocycles. The Bertz CT molecular complexity index is 485. The molecule has 1 atom stereocenters. The lowest BCUT2D eigenvalue weighted by Crippen LogP contribution is -2.39.